The van der Waals surface area contributed by atoms with Gasteiger partial charge < -0.3 is 9.47 Å². The first-order chi connectivity index (χ1) is 12.3. The van der Waals surface area contributed by atoms with Crippen LogP contribution in [0, 0.1) is 6.92 Å². The highest BCUT2D eigenvalue weighted by Crippen LogP contribution is 2.30. The molecule has 0 saturated heterocycles. The average molecular weight is 363 g/mol. The summed E-state index contributed by atoms with van der Waals surface area (Å²) in [5.41, 5.74) is 1.18. The fraction of sp³-hybridized carbons (Fsp3) is 0.545. The summed E-state index contributed by atoms with van der Waals surface area (Å²) in [5, 5.41) is 2.41. The molecule has 0 spiro atoms. The Kier molecular flexibility index (Phi) is 8.96. The number of aryl methyl sites for hydroxylation is 1. The number of alkyl halides is 1. The normalized spacial score (nSPS) is 11.0. The van der Waals surface area contributed by atoms with Gasteiger partial charge in [0, 0.05) is 5.88 Å². The third-order valence-corrected chi connectivity index (χ3v) is 4.78. The highest BCUT2D eigenvalue weighted by Gasteiger charge is 2.06. The molecule has 0 N–H and O–H groups in total. The molecule has 0 aliphatic rings. The van der Waals surface area contributed by atoms with Crippen LogP contribution in [0.15, 0.2) is 30.3 Å². The Hall–Kier alpha value is -1.41. The van der Waals surface area contributed by atoms with Crippen molar-refractivity contribution in [3.8, 4) is 11.5 Å². The lowest BCUT2D eigenvalue weighted by atomic mass is 10.0. The van der Waals surface area contributed by atoms with E-state index in [1.165, 1.54) is 48.4 Å². The van der Waals surface area contributed by atoms with E-state index in [9.17, 15) is 0 Å². The highest BCUT2D eigenvalue weighted by atomic mass is 35.5. The highest BCUT2D eigenvalue weighted by molar-refractivity contribution is 6.17. The van der Waals surface area contributed by atoms with E-state index in [1.807, 2.05) is 6.07 Å². The Bertz CT molecular complexity index is 639. The Morgan fingerprint density at radius 1 is 0.840 bits per heavy atom. The predicted octanol–water partition coefficient (Wildman–Crippen LogP) is 6.90. The van der Waals surface area contributed by atoms with Gasteiger partial charge in [-0.1, -0.05) is 51.2 Å². The van der Waals surface area contributed by atoms with Gasteiger partial charge in [-0.05, 0) is 54.3 Å². The van der Waals surface area contributed by atoms with Crippen molar-refractivity contribution < 1.29 is 9.47 Å². The van der Waals surface area contributed by atoms with Gasteiger partial charge in [0.05, 0.1) is 13.2 Å². The number of unbranched alkanes of at least 4 members (excludes halogenated alkanes) is 5. The maximum absolute atomic E-state index is 5.92. The molecule has 0 fully saturated rings. The molecule has 0 aliphatic carbocycles. The standard InChI is InChI=1S/C22H31ClO2/c1-3-4-5-6-7-8-15-24-20-11-12-21-18(2)22(25-16-9-14-23)13-10-19(21)17-20/h10-13,17H,3-9,14-16H2,1-2H3. The number of benzene rings is 2. The molecule has 0 heterocycles. The van der Waals surface area contributed by atoms with Crippen molar-refractivity contribution in [2.24, 2.45) is 0 Å². The van der Waals surface area contributed by atoms with Gasteiger partial charge in [-0.25, -0.2) is 0 Å². The second kappa shape index (κ2) is 11.3. The van der Waals surface area contributed by atoms with Gasteiger partial charge in [0.2, 0.25) is 0 Å². The van der Waals surface area contributed by atoms with E-state index >= 15 is 0 Å². The summed E-state index contributed by atoms with van der Waals surface area (Å²) in [6.45, 7) is 5.82. The van der Waals surface area contributed by atoms with Crippen LogP contribution in [-0.4, -0.2) is 19.1 Å². The molecule has 0 bridgehead atoms. The summed E-state index contributed by atoms with van der Waals surface area (Å²) in [6.07, 6.45) is 8.57. The third-order valence-electron chi connectivity index (χ3n) is 4.51. The van der Waals surface area contributed by atoms with Gasteiger partial charge in [-0.3, -0.25) is 0 Å². The van der Waals surface area contributed by atoms with Crippen LogP contribution in [-0.2, 0) is 0 Å². The van der Waals surface area contributed by atoms with Crippen molar-refractivity contribution in [2.45, 2.75) is 58.8 Å². The predicted molar refractivity (Wildman–Crippen MR) is 108 cm³/mol. The topological polar surface area (TPSA) is 18.5 Å². The molecule has 0 amide bonds. The zero-order valence-corrected chi connectivity index (χ0v) is 16.4. The lowest BCUT2D eigenvalue weighted by Crippen LogP contribution is -2.00. The van der Waals surface area contributed by atoms with Gasteiger partial charge in [-0.2, -0.15) is 0 Å². The summed E-state index contributed by atoms with van der Waals surface area (Å²) in [4.78, 5) is 0. The minimum atomic E-state index is 0.631. The van der Waals surface area contributed by atoms with E-state index in [4.69, 9.17) is 21.1 Å². The molecule has 2 aromatic rings. The number of hydrogen-bond donors (Lipinski definition) is 0. The van der Waals surface area contributed by atoms with Crippen molar-refractivity contribution in [1.82, 2.24) is 0 Å². The van der Waals surface area contributed by atoms with Crippen LogP contribution in [0.5, 0.6) is 11.5 Å². The van der Waals surface area contributed by atoms with Crippen molar-refractivity contribution in [2.75, 3.05) is 19.1 Å². The molecular weight excluding hydrogens is 332 g/mol. The minimum absolute atomic E-state index is 0.631. The fourth-order valence-electron chi connectivity index (χ4n) is 3.00. The van der Waals surface area contributed by atoms with E-state index in [1.54, 1.807) is 0 Å². The van der Waals surface area contributed by atoms with Crippen molar-refractivity contribution in [3.63, 3.8) is 0 Å². The summed E-state index contributed by atoms with van der Waals surface area (Å²) >= 11 is 5.71. The maximum Gasteiger partial charge on any atom is 0.122 e. The van der Waals surface area contributed by atoms with Gasteiger partial charge in [0.25, 0.3) is 0 Å². The number of fused-ring (bicyclic) bond motifs is 1. The molecule has 2 rings (SSSR count). The first kappa shape index (κ1) is 19.9. The lowest BCUT2D eigenvalue weighted by molar-refractivity contribution is 0.304. The van der Waals surface area contributed by atoms with Crippen LogP contribution in [0.4, 0.5) is 0 Å². The van der Waals surface area contributed by atoms with E-state index in [2.05, 4.69) is 38.1 Å². The molecule has 2 aromatic carbocycles. The third kappa shape index (κ3) is 6.43. The van der Waals surface area contributed by atoms with Crippen LogP contribution in [0.1, 0.15) is 57.4 Å². The Balaban J connectivity index is 1.88. The molecule has 25 heavy (non-hydrogen) atoms. The Morgan fingerprint density at radius 2 is 1.60 bits per heavy atom. The molecular formula is C22H31ClO2. The maximum atomic E-state index is 5.92. The summed E-state index contributed by atoms with van der Waals surface area (Å²) in [6, 6.07) is 10.5. The summed E-state index contributed by atoms with van der Waals surface area (Å²) in [5.74, 6) is 2.53. The fourth-order valence-corrected chi connectivity index (χ4v) is 3.11. The largest absolute Gasteiger partial charge is 0.494 e. The second-order valence-corrected chi connectivity index (χ2v) is 6.96. The average Bonchev–Trinajstić information content (AvgIpc) is 2.63. The van der Waals surface area contributed by atoms with Crippen LogP contribution < -0.4 is 9.47 Å². The van der Waals surface area contributed by atoms with E-state index in [0.29, 0.717) is 12.5 Å². The van der Waals surface area contributed by atoms with Crippen LogP contribution in [0.25, 0.3) is 10.8 Å². The second-order valence-electron chi connectivity index (χ2n) is 6.58. The molecule has 0 radical (unpaired) electrons. The van der Waals surface area contributed by atoms with Crippen molar-refractivity contribution in [1.29, 1.82) is 0 Å². The van der Waals surface area contributed by atoms with Gasteiger partial charge in [0.15, 0.2) is 0 Å². The number of ether oxygens (including phenoxy) is 2. The molecule has 2 nitrogen and oxygen atoms in total. The van der Waals surface area contributed by atoms with Gasteiger partial charge in [-0.15, -0.1) is 11.6 Å². The molecule has 138 valence electrons. The molecule has 0 atom stereocenters. The number of hydrogen-bond acceptors (Lipinski definition) is 2. The molecule has 0 aromatic heterocycles. The quantitative estimate of drug-likeness (QED) is 0.302. The Morgan fingerprint density at radius 3 is 2.40 bits per heavy atom. The van der Waals surface area contributed by atoms with Crippen molar-refractivity contribution >= 4 is 22.4 Å². The molecule has 0 unspecified atom stereocenters. The van der Waals surface area contributed by atoms with E-state index in [-0.39, 0.29) is 0 Å². The van der Waals surface area contributed by atoms with Crippen molar-refractivity contribution in [3.05, 3.63) is 35.9 Å². The Labute approximate surface area is 157 Å². The summed E-state index contributed by atoms with van der Waals surface area (Å²) < 4.78 is 11.7. The molecule has 0 saturated carbocycles. The lowest BCUT2D eigenvalue weighted by Gasteiger charge is -2.12. The van der Waals surface area contributed by atoms with E-state index < -0.39 is 0 Å². The van der Waals surface area contributed by atoms with E-state index in [0.717, 1.165) is 30.9 Å². The molecule has 3 heteroatoms. The van der Waals surface area contributed by atoms with Crippen LogP contribution in [0.3, 0.4) is 0 Å². The molecule has 0 aliphatic heterocycles. The van der Waals surface area contributed by atoms with Crippen LogP contribution >= 0.6 is 11.6 Å². The monoisotopic (exact) mass is 362 g/mol. The zero-order valence-electron chi connectivity index (χ0n) is 15.7. The summed E-state index contributed by atoms with van der Waals surface area (Å²) in [7, 11) is 0. The zero-order chi connectivity index (χ0) is 17.9. The SMILES string of the molecule is CCCCCCCCOc1ccc2c(C)c(OCCCCl)ccc2c1. The number of halogens is 1. The first-order valence-electron chi connectivity index (χ1n) is 9.61. The first-order valence-corrected chi connectivity index (χ1v) is 10.1. The minimum Gasteiger partial charge on any atom is -0.494 e. The smallest absolute Gasteiger partial charge is 0.122 e. The van der Waals surface area contributed by atoms with Gasteiger partial charge >= 0.3 is 0 Å². The number of rotatable bonds is 12. The van der Waals surface area contributed by atoms with Gasteiger partial charge in [0.1, 0.15) is 11.5 Å². The van der Waals surface area contributed by atoms with Crippen LogP contribution in [0.2, 0.25) is 0 Å².